The minimum absolute atomic E-state index is 0. The van der Waals surface area contributed by atoms with E-state index in [2.05, 4.69) is 21.7 Å². The van der Waals surface area contributed by atoms with Crippen LogP contribution >= 0.6 is 24.8 Å². The van der Waals surface area contributed by atoms with Crippen molar-refractivity contribution in [2.24, 2.45) is 0 Å². The number of aromatic nitrogens is 1. The molecule has 1 aromatic heterocycles. The van der Waals surface area contributed by atoms with Crippen molar-refractivity contribution in [1.82, 2.24) is 15.6 Å². The Balaban J connectivity index is 0.00000196. The van der Waals surface area contributed by atoms with Crippen molar-refractivity contribution in [3.63, 3.8) is 0 Å². The van der Waals surface area contributed by atoms with Crippen LogP contribution in [0.15, 0.2) is 54.9 Å². The summed E-state index contributed by atoms with van der Waals surface area (Å²) in [5.74, 6) is 0.000916. The fraction of sp³-hybridized carbons (Fsp3) is 0.429. The number of amides is 1. The Labute approximate surface area is 179 Å². The van der Waals surface area contributed by atoms with Crippen LogP contribution in [0.25, 0.3) is 0 Å². The van der Waals surface area contributed by atoms with Crippen LogP contribution in [-0.2, 0) is 16.8 Å². The SMILES string of the molecule is Cl.Cl.O=C(CCCCc1cccnc1)N[C@]1(c2ccccc2)CCNC[C@H]1O. The molecule has 5 nitrogen and oxygen atoms in total. The number of aliphatic hydroxyl groups is 1. The maximum absolute atomic E-state index is 12.6. The van der Waals surface area contributed by atoms with Gasteiger partial charge in [-0.15, -0.1) is 24.8 Å². The van der Waals surface area contributed by atoms with Gasteiger partial charge in [-0.1, -0.05) is 36.4 Å². The summed E-state index contributed by atoms with van der Waals surface area (Å²) in [4.78, 5) is 16.7. The molecule has 0 aliphatic carbocycles. The van der Waals surface area contributed by atoms with Gasteiger partial charge < -0.3 is 15.7 Å². The fourth-order valence-electron chi connectivity index (χ4n) is 3.63. The summed E-state index contributed by atoms with van der Waals surface area (Å²) in [7, 11) is 0. The van der Waals surface area contributed by atoms with Crippen LogP contribution in [0.4, 0.5) is 0 Å². The van der Waals surface area contributed by atoms with Crippen molar-refractivity contribution < 1.29 is 9.90 Å². The van der Waals surface area contributed by atoms with Gasteiger partial charge in [0.05, 0.1) is 11.6 Å². The van der Waals surface area contributed by atoms with Crippen molar-refractivity contribution in [2.75, 3.05) is 13.1 Å². The number of nitrogens with zero attached hydrogens (tertiary/aromatic N) is 1. The van der Waals surface area contributed by atoms with E-state index >= 15 is 0 Å². The normalized spacial score (nSPS) is 21.1. The van der Waals surface area contributed by atoms with Gasteiger partial charge in [-0.25, -0.2) is 0 Å². The zero-order chi connectivity index (χ0) is 18.2. The molecular formula is C21H29Cl2N3O2. The molecule has 1 saturated heterocycles. The van der Waals surface area contributed by atoms with E-state index in [1.165, 1.54) is 5.56 Å². The van der Waals surface area contributed by atoms with Gasteiger partial charge in [0.25, 0.3) is 0 Å². The van der Waals surface area contributed by atoms with E-state index in [0.717, 1.165) is 31.4 Å². The molecule has 1 fully saturated rings. The molecule has 1 aromatic carbocycles. The third-order valence-corrected chi connectivity index (χ3v) is 5.10. The van der Waals surface area contributed by atoms with Crippen LogP contribution in [0.5, 0.6) is 0 Å². The molecule has 2 aromatic rings. The number of unbranched alkanes of at least 4 members (excludes halogenated alkanes) is 1. The zero-order valence-corrected chi connectivity index (χ0v) is 17.5. The highest BCUT2D eigenvalue weighted by Crippen LogP contribution is 2.31. The van der Waals surface area contributed by atoms with Crippen LogP contribution in [0.2, 0.25) is 0 Å². The highest BCUT2D eigenvalue weighted by atomic mass is 35.5. The topological polar surface area (TPSA) is 74.2 Å². The van der Waals surface area contributed by atoms with Crippen LogP contribution in [0, 0.1) is 0 Å². The van der Waals surface area contributed by atoms with Crippen LogP contribution < -0.4 is 10.6 Å². The second-order valence-electron chi connectivity index (χ2n) is 6.92. The summed E-state index contributed by atoms with van der Waals surface area (Å²) in [6.45, 7) is 1.25. The number of rotatable bonds is 7. The highest BCUT2D eigenvalue weighted by Gasteiger charge is 2.42. The molecule has 0 unspecified atom stereocenters. The number of β-amino-alcohol motifs (C(OH)–C–C–N with tert-alkyl or cyclic N) is 1. The number of aliphatic hydroxyl groups excluding tert-OH is 1. The van der Waals surface area contributed by atoms with E-state index in [4.69, 9.17) is 0 Å². The molecule has 1 amide bonds. The number of hydrogen-bond donors (Lipinski definition) is 3. The first-order valence-corrected chi connectivity index (χ1v) is 9.35. The van der Waals surface area contributed by atoms with E-state index in [1.807, 2.05) is 42.6 Å². The Bertz CT molecular complexity index is 703. The van der Waals surface area contributed by atoms with E-state index in [-0.39, 0.29) is 30.7 Å². The van der Waals surface area contributed by atoms with Crippen molar-refractivity contribution in [1.29, 1.82) is 0 Å². The predicted molar refractivity (Wildman–Crippen MR) is 116 cm³/mol. The van der Waals surface area contributed by atoms with E-state index in [9.17, 15) is 9.90 Å². The van der Waals surface area contributed by atoms with Gasteiger partial charge in [-0.3, -0.25) is 9.78 Å². The number of hydrogen-bond acceptors (Lipinski definition) is 4. The molecule has 2 heterocycles. The van der Waals surface area contributed by atoms with Crippen molar-refractivity contribution in [3.05, 3.63) is 66.0 Å². The minimum Gasteiger partial charge on any atom is -0.389 e. The fourth-order valence-corrected chi connectivity index (χ4v) is 3.63. The van der Waals surface area contributed by atoms with Gasteiger partial charge in [0, 0.05) is 25.4 Å². The Kier molecular flexibility index (Phi) is 10.5. The van der Waals surface area contributed by atoms with Crippen LogP contribution in [0.1, 0.15) is 36.8 Å². The van der Waals surface area contributed by atoms with E-state index in [0.29, 0.717) is 19.4 Å². The molecule has 3 N–H and O–H groups in total. The number of piperidine rings is 1. The van der Waals surface area contributed by atoms with Gasteiger partial charge in [-0.05, 0) is 49.4 Å². The van der Waals surface area contributed by atoms with E-state index in [1.54, 1.807) is 6.20 Å². The maximum Gasteiger partial charge on any atom is 0.220 e. The Morgan fingerprint density at radius 3 is 2.64 bits per heavy atom. The quantitative estimate of drug-likeness (QED) is 0.596. The first kappa shape index (κ1) is 24.4. The van der Waals surface area contributed by atoms with Gasteiger partial charge in [0.1, 0.15) is 0 Å². The van der Waals surface area contributed by atoms with E-state index < -0.39 is 11.6 Å². The molecule has 0 spiro atoms. The smallest absolute Gasteiger partial charge is 0.220 e. The second-order valence-corrected chi connectivity index (χ2v) is 6.92. The summed E-state index contributed by atoms with van der Waals surface area (Å²) in [5, 5.41) is 17.0. The maximum atomic E-state index is 12.6. The number of carbonyl (C=O) groups is 1. The monoisotopic (exact) mass is 425 g/mol. The Morgan fingerprint density at radius 1 is 1.18 bits per heavy atom. The predicted octanol–water partition coefficient (Wildman–Crippen LogP) is 3.00. The lowest BCUT2D eigenvalue weighted by molar-refractivity contribution is -0.125. The lowest BCUT2D eigenvalue weighted by atomic mass is 9.79. The first-order valence-electron chi connectivity index (χ1n) is 9.35. The van der Waals surface area contributed by atoms with Gasteiger partial charge in [0.15, 0.2) is 0 Å². The molecule has 0 bridgehead atoms. The second kappa shape index (κ2) is 12.0. The van der Waals surface area contributed by atoms with Gasteiger partial charge in [-0.2, -0.15) is 0 Å². The van der Waals surface area contributed by atoms with Crippen molar-refractivity contribution in [3.8, 4) is 0 Å². The summed E-state index contributed by atoms with van der Waals surface area (Å²) in [6.07, 6.45) is 6.84. The van der Waals surface area contributed by atoms with Crippen LogP contribution in [0.3, 0.4) is 0 Å². The number of aryl methyl sites for hydroxylation is 1. The standard InChI is InChI=1S/C21H27N3O2.2ClH/c25-19-16-23-14-12-21(19,18-9-2-1-3-10-18)24-20(26)11-5-4-7-17-8-6-13-22-15-17;;/h1-3,6,8-10,13,15,19,23,25H,4-5,7,11-12,14,16H2,(H,24,26);2*1H/t19-,21+;;/m1../s1. The molecule has 2 atom stereocenters. The molecule has 1 aliphatic rings. The average molecular weight is 426 g/mol. The molecule has 3 rings (SSSR count). The number of benzene rings is 1. The Hall–Kier alpha value is -1.66. The largest absolute Gasteiger partial charge is 0.389 e. The lowest BCUT2D eigenvalue weighted by Gasteiger charge is -2.43. The molecule has 0 radical (unpaired) electrons. The van der Waals surface area contributed by atoms with Gasteiger partial charge in [0.2, 0.25) is 5.91 Å². The van der Waals surface area contributed by atoms with Crippen LogP contribution in [-0.4, -0.2) is 35.2 Å². The number of halogens is 2. The number of carbonyl (C=O) groups excluding carboxylic acids is 1. The highest BCUT2D eigenvalue weighted by molar-refractivity contribution is 5.85. The van der Waals surface area contributed by atoms with Crippen molar-refractivity contribution >= 4 is 30.7 Å². The third-order valence-electron chi connectivity index (χ3n) is 5.10. The number of nitrogens with one attached hydrogen (secondary N) is 2. The minimum atomic E-state index is -0.701. The molecule has 7 heteroatoms. The number of pyridine rings is 1. The summed E-state index contributed by atoms with van der Waals surface area (Å²) >= 11 is 0. The molecular weight excluding hydrogens is 397 g/mol. The Morgan fingerprint density at radius 2 is 1.96 bits per heavy atom. The first-order chi connectivity index (χ1) is 12.7. The third kappa shape index (κ3) is 6.17. The van der Waals surface area contributed by atoms with Gasteiger partial charge >= 0.3 is 0 Å². The molecule has 28 heavy (non-hydrogen) atoms. The zero-order valence-electron chi connectivity index (χ0n) is 15.8. The molecule has 154 valence electrons. The van der Waals surface area contributed by atoms with Crippen molar-refractivity contribution in [2.45, 2.75) is 43.7 Å². The summed E-state index contributed by atoms with van der Waals surface area (Å²) in [5.41, 5.74) is 1.47. The summed E-state index contributed by atoms with van der Waals surface area (Å²) < 4.78 is 0. The average Bonchev–Trinajstić information content (AvgIpc) is 2.69. The lowest BCUT2D eigenvalue weighted by Crippen LogP contribution is -2.61. The molecule has 1 aliphatic heterocycles. The molecule has 0 saturated carbocycles. The summed E-state index contributed by atoms with van der Waals surface area (Å²) in [6, 6.07) is 13.8.